The molecule has 0 saturated carbocycles. The van der Waals surface area contributed by atoms with Gasteiger partial charge in [-0.15, -0.1) is 0 Å². The van der Waals surface area contributed by atoms with Gasteiger partial charge in [-0.1, -0.05) is 30.3 Å². The summed E-state index contributed by atoms with van der Waals surface area (Å²) in [5.74, 6) is -0.166. The zero-order valence-corrected chi connectivity index (χ0v) is 12.3. The van der Waals surface area contributed by atoms with Crippen molar-refractivity contribution < 1.29 is 13.2 Å². The molecule has 0 radical (unpaired) electrons. The van der Waals surface area contributed by atoms with E-state index in [9.17, 15) is 13.2 Å². The van der Waals surface area contributed by atoms with E-state index in [0.717, 1.165) is 5.56 Å². The van der Waals surface area contributed by atoms with Crippen molar-refractivity contribution in [1.82, 2.24) is 9.62 Å². The molecular weight excluding hydrogens is 264 g/mol. The van der Waals surface area contributed by atoms with Crippen molar-refractivity contribution in [3.05, 3.63) is 35.9 Å². The molecule has 0 aliphatic rings. The second-order valence-corrected chi connectivity index (χ2v) is 6.38. The van der Waals surface area contributed by atoms with Crippen LogP contribution >= 0.6 is 0 Å². The molecule has 1 unspecified atom stereocenters. The Labute approximate surface area is 114 Å². The summed E-state index contributed by atoms with van der Waals surface area (Å²) < 4.78 is 25.1. The molecule has 106 valence electrons. The fraction of sp³-hybridized carbons (Fsp3) is 0.462. The third kappa shape index (κ3) is 5.00. The van der Waals surface area contributed by atoms with Gasteiger partial charge in [0.05, 0.1) is 6.26 Å². The summed E-state index contributed by atoms with van der Waals surface area (Å²) in [6.07, 6.45) is 1.18. The number of nitrogens with zero attached hydrogens (tertiary/aromatic N) is 1. The van der Waals surface area contributed by atoms with Crippen molar-refractivity contribution in [1.29, 1.82) is 0 Å². The second-order valence-electron chi connectivity index (χ2n) is 4.44. The first-order valence-corrected chi connectivity index (χ1v) is 7.93. The third-order valence-corrected chi connectivity index (χ3v) is 4.20. The van der Waals surface area contributed by atoms with Crippen LogP contribution in [0, 0.1) is 0 Å². The van der Waals surface area contributed by atoms with Crippen LogP contribution in [0.3, 0.4) is 0 Å². The van der Waals surface area contributed by atoms with E-state index in [2.05, 4.69) is 5.32 Å². The van der Waals surface area contributed by atoms with Crippen LogP contribution in [0.15, 0.2) is 30.3 Å². The Hall–Kier alpha value is -1.40. The molecule has 6 heteroatoms. The molecule has 0 saturated heterocycles. The van der Waals surface area contributed by atoms with Crippen LogP contribution in [0.2, 0.25) is 0 Å². The number of hydrogen-bond acceptors (Lipinski definition) is 3. The smallest absolute Gasteiger partial charge is 0.216 e. The van der Waals surface area contributed by atoms with Crippen molar-refractivity contribution in [3.8, 4) is 0 Å². The molecule has 1 aromatic rings. The van der Waals surface area contributed by atoms with Crippen molar-refractivity contribution in [2.45, 2.75) is 19.9 Å². The number of nitrogens with one attached hydrogen (secondary N) is 1. The van der Waals surface area contributed by atoms with Crippen LogP contribution in [0.25, 0.3) is 0 Å². The summed E-state index contributed by atoms with van der Waals surface area (Å²) in [4.78, 5) is 10.8. The fourth-order valence-electron chi connectivity index (χ4n) is 1.89. The summed E-state index contributed by atoms with van der Waals surface area (Å²) in [6.45, 7) is 3.81. The van der Waals surface area contributed by atoms with E-state index in [1.165, 1.54) is 17.5 Å². The Morgan fingerprint density at radius 2 is 1.89 bits per heavy atom. The molecule has 0 aliphatic carbocycles. The normalized spacial score (nSPS) is 13.3. The molecule has 1 aromatic carbocycles. The predicted octanol–water partition coefficient (Wildman–Crippen LogP) is 1.15. The summed E-state index contributed by atoms with van der Waals surface area (Å²) in [7, 11) is -3.33. The van der Waals surface area contributed by atoms with Crippen LogP contribution in [0.1, 0.15) is 25.5 Å². The molecule has 1 amide bonds. The highest BCUT2D eigenvalue weighted by atomic mass is 32.2. The first-order valence-electron chi connectivity index (χ1n) is 6.08. The number of carbonyl (C=O) groups is 1. The fourth-order valence-corrected chi connectivity index (χ4v) is 3.01. The van der Waals surface area contributed by atoms with E-state index < -0.39 is 10.0 Å². The monoisotopic (exact) mass is 284 g/mol. The molecule has 0 aliphatic heterocycles. The highest BCUT2D eigenvalue weighted by Gasteiger charge is 2.23. The van der Waals surface area contributed by atoms with Crippen LogP contribution in [0.5, 0.6) is 0 Å². The summed E-state index contributed by atoms with van der Waals surface area (Å²) in [5.41, 5.74) is 0.927. The van der Waals surface area contributed by atoms with Gasteiger partial charge in [-0.3, -0.25) is 4.79 Å². The van der Waals surface area contributed by atoms with Gasteiger partial charge in [-0.2, -0.15) is 4.31 Å². The highest BCUT2D eigenvalue weighted by Crippen LogP contribution is 2.21. The maximum atomic E-state index is 11.8. The summed E-state index contributed by atoms with van der Waals surface area (Å²) >= 11 is 0. The van der Waals surface area contributed by atoms with Gasteiger partial charge >= 0.3 is 0 Å². The highest BCUT2D eigenvalue weighted by molar-refractivity contribution is 7.88. The molecule has 1 atom stereocenters. The minimum Gasteiger partial charge on any atom is -0.355 e. The first-order chi connectivity index (χ1) is 8.82. The predicted molar refractivity (Wildman–Crippen MR) is 75.1 cm³/mol. The van der Waals surface area contributed by atoms with E-state index in [0.29, 0.717) is 6.54 Å². The quantitative estimate of drug-likeness (QED) is 0.852. The summed E-state index contributed by atoms with van der Waals surface area (Å²) in [6, 6.07) is 9.16. The topological polar surface area (TPSA) is 66.5 Å². The van der Waals surface area contributed by atoms with E-state index in [-0.39, 0.29) is 18.5 Å². The molecule has 0 fully saturated rings. The largest absolute Gasteiger partial charge is 0.355 e. The van der Waals surface area contributed by atoms with Crippen molar-refractivity contribution in [2.75, 3.05) is 19.3 Å². The molecule has 1 N–H and O–H groups in total. The molecule has 19 heavy (non-hydrogen) atoms. The number of hydrogen-bond donors (Lipinski definition) is 1. The maximum absolute atomic E-state index is 11.8. The van der Waals surface area contributed by atoms with Crippen molar-refractivity contribution >= 4 is 15.9 Å². The average Bonchev–Trinajstić information content (AvgIpc) is 2.33. The van der Waals surface area contributed by atoms with E-state index in [4.69, 9.17) is 0 Å². The number of sulfonamides is 1. The molecule has 5 nitrogen and oxygen atoms in total. The van der Waals surface area contributed by atoms with E-state index in [1.54, 1.807) is 0 Å². The molecule has 0 bridgehead atoms. The summed E-state index contributed by atoms with van der Waals surface area (Å²) in [5, 5.41) is 2.61. The first kappa shape index (κ1) is 15.7. The Kier molecular flexibility index (Phi) is 5.50. The third-order valence-electron chi connectivity index (χ3n) is 2.85. The number of benzene rings is 1. The lowest BCUT2D eigenvalue weighted by atomic mass is 10.1. The molecular formula is C13H20N2O3S. The van der Waals surface area contributed by atoms with Gasteiger partial charge in [0.1, 0.15) is 0 Å². The van der Waals surface area contributed by atoms with Crippen molar-refractivity contribution in [3.63, 3.8) is 0 Å². The zero-order valence-electron chi connectivity index (χ0n) is 11.5. The van der Waals surface area contributed by atoms with Crippen LogP contribution in [-0.2, 0) is 14.8 Å². The molecule has 0 heterocycles. The van der Waals surface area contributed by atoms with Crippen LogP contribution < -0.4 is 5.32 Å². The number of amides is 1. The lowest BCUT2D eigenvalue weighted by Crippen LogP contribution is -2.39. The van der Waals surface area contributed by atoms with E-state index >= 15 is 0 Å². The van der Waals surface area contributed by atoms with Gasteiger partial charge in [0.2, 0.25) is 15.9 Å². The van der Waals surface area contributed by atoms with Gasteiger partial charge in [0, 0.05) is 26.1 Å². The molecule has 0 aromatic heterocycles. The average molecular weight is 284 g/mol. The van der Waals surface area contributed by atoms with Gasteiger partial charge in [-0.05, 0) is 12.5 Å². The number of rotatable bonds is 6. The van der Waals surface area contributed by atoms with E-state index in [1.807, 2.05) is 37.3 Å². The number of carbonyl (C=O) groups excluding carboxylic acids is 1. The van der Waals surface area contributed by atoms with Crippen LogP contribution in [-0.4, -0.2) is 38.0 Å². The van der Waals surface area contributed by atoms with Gasteiger partial charge < -0.3 is 5.32 Å². The van der Waals surface area contributed by atoms with Gasteiger partial charge in [-0.25, -0.2) is 8.42 Å². The molecule has 0 spiro atoms. The Bertz CT molecular complexity index is 514. The van der Waals surface area contributed by atoms with Crippen LogP contribution in [0.4, 0.5) is 0 Å². The van der Waals surface area contributed by atoms with Gasteiger partial charge in [0.15, 0.2) is 0 Å². The Morgan fingerprint density at radius 3 is 2.37 bits per heavy atom. The lowest BCUT2D eigenvalue weighted by Gasteiger charge is -2.27. The molecule has 1 rings (SSSR count). The Balaban J connectivity index is 2.83. The van der Waals surface area contributed by atoms with Crippen molar-refractivity contribution in [2.24, 2.45) is 0 Å². The minimum atomic E-state index is -3.33. The SMILES string of the molecule is CC(=O)NCCN(C(C)c1ccccc1)S(C)(=O)=O. The maximum Gasteiger partial charge on any atom is 0.216 e. The standard InChI is InChI=1S/C13H20N2O3S/c1-11(13-7-5-4-6-8-13)15(19(3,17)18)10-9-14-12(2)16/h4-8,11H,9-10H2,1-3H3,(H,14,16). The Morgan fingerprint density at radius 1 is 1.32 bits per heavy atom. The zero-order chi connectivity index (χ0) is 14.5. The minimum absolute atomic E-state index is 0.166. The van der Waals surface area contributed by atoms with Gasteiger partial charge in [0.25, 0.3) is 0 Å². The second kappa shape index (κ2) is 6.68. The lowest BCUT2D eigenvalue weighted by molar-refractivity contribution is -0.118.